The molecule has 3 nitrogen and oxygen atoms in total. The summed E-state index contributed by atoms with van der Waals surface area (Å²) in [6.07, 6.45) is 2.54. The SMILES string of the molecule is CN=C(NCC(c1ccccc1)C(C)C)NC1CC1.I. The van der Waals surface area contributed by atoms with Gasteiger partial charge in [-0.1, -0.05) is 44.2 Å². The molecule has 1 unspecified atom stereocenters. The first-order valence-corrected chi connectivity index (χ1v) is 7.23. The minimum Gasteiger partial charge on any atom is -0.356 e. The Hall–Kier alpha value is -0.780. The van der Waals surface area contributed by atoms with Gasteiger partial charge in [-0.05, 0) is 24.3 Å². The molecule has 0 amide bonds. The van der Waals surface area contributed by atoms with Crippen molar-refractivity contribution in [2.75, 3.05) is 13.6 Å². The van der Waals surface area contributed by atoms with E-state index in [-0.39, 0.29) is 24.0 Å². The third-order valence-corrected chi connectivity index (χ3v) is 3.66. The lowest BCUT2D eigenvalue weighted by Gasteiger charge is -2.23. The quantitative estimate of drug-likeness (QED) is 0.462. The van der Waals surface area contributed by atoms with E-state index in [1.54, 1.807) is 0 Å². The van der Waals surface area contributed by atoms with Crippen molar-refractivity contribution >= 4 is 29.9 Å². The van der Waals surface area contributed by atoms with Gasteiger partial charge >= 0.3 is 0 Å². The zero-order valence-corrected chi connectivity index (χ0v) is 14.9. The Bertz CT molecular complexity index is 413. The first kappa shape index (κ1) is 17.3. The zero-order chi connectivity index (χ0) is 13.7. The Morgan fingerprint density at radius 2 is 1.90 bits per heavy atom. The van der Waals surface area contributed by atoms with E-state index in [0.29, 0.717) is 17.9 Å². The van der Waals surface area contributed by atoms with Gasteiger partial charge in [-0.25, -0.2) is 0 Å². The minimum absolute atomic E-state index is 0. The summed E-state index contributed by atoms with van der Waals surface area (Å²) < 4.78 is 0. The smallest absolute Gasteiger partial charge is 0.191 e. The van der Waals surface area contributed by atoms with E-state index in [0.717, 1.165) is 12.5 Å². The predicted octanol–water partition coefficient (Wildman–Crippen LogP) is 3.37. The summed E-state index contributed by atoms with van der Waals surface area (Å²) in [5.41, 5.74) is 1.40. The molecular formula is C16H26IN3. The molecule has 1 fully saturated rings. The highest BCUT2D eigenvalue weighted by Crippen LogP contribution is 2.23. The number of nitrogens with one attached hydrogen (secondary N) is 2. The highest BCUT2D eigenvalue weighted by molar-refractivity contribution is 14.0. The van der Waals surface area contributed by atoms with E-state index in [4.69, 9.17) is 0 Å². The number of guanidine groups is 1. The topological polar surface area (TPSA) is 36.4 Å². The van der Waals surface area contributed by atoms with Crippen molar-refractivity contribution < 1.29 is 0 Å². The fraction of sp³-hybridized carbons (Fsp3) is 0.562. The first-order valence-electron chi connectivity index (χ1n) is 7.23. The number of benzene rings is 1. The summed E-state index contributed by atoms with van der Waals surface area (Å²) in [4.78, 5) is 4.29. The predicted molar refractivity (Wildman–Crippen MR) is 97.0 cm³/mol. The van der Waals surface area contributed by atoms with Crippen LogP contribution in [-0.2, 0) is 0 Å². The summed E-state index contributed by atoms with van der Waals surface area (Å²) in [6.45, 7) is 5.47. The normalized spacial score (nSPS) is 16.5. The lowest BCUT2D eigenvalue weighted by Crippen LogP contribution is -2.41. The van der Waals surface area contributed by atoms with Crippen molar-refractivity contribution in [3.8, 4) is 0 Å². The molecule has 0 aliphatic heterocycles. The molecule has 1 aromatic rings. The molecule has 2 rings (SSSR count). The molecule has 1 atom stereocenters. The molecule has 112 valence electrons. The molecule has 1 saturated carbocycles. The number of halogens is 1. The standard InChI is InChI=1S/C16H25N3.HI/c1-12(2)15(13-7-5-4-6-8-13)11-18-16(17-3)19-14-9-10-14;/h4-8,12,14-15H,9-11H2,1-3H3,(H2,17,18,19);1H. The number of nitrogens with zero attached hydrogens (tertiary/aromatic N) is 1. The Morgan fingerprint density at radius 3 is 2.40 bits per heavy atom. The summed E-state index contributed by atoms with van der Waals surface area (Å²) >= 11 is 0. The molecule has 0 heterocycles. The van der Waals surface area contributed by atoms with Gasteiger partial charge in [-0.2, -0.15) is 0 Å². The van der Waals surface area contributed by atoms with Gasteiger partial charge in [0, 0.05) is 25.6 Å². The van der Waals surface area contributed by atoms with Crippen molar-refractivity contribution in [3.63, 3.8) is 0 Å². The summed E-state index contributed by atoms with van der Waals surface area (Å²) in [7, 11) is 1.84. The number of rotatable bonds is 5. The molecule has 20 heavy (non-hydrogen) atoms. The van der Waals surface area contributed by atoms with E-state index in [9.17, 15) is 0 Å². The largest absolute Gasteiger partial charge is 0.356 e. The fourth-order valence-electron chi connectivity index (χ4n) is 2.26. The molecule has 4 heteroatoms. The second-order valence-corrected chi connectivity index (χ2v) is 5.63. The maximum absolute atomic E-state index is 4.29. The van der Waals surface area contributed by atoms with Crippen LogP contribution < -0.4 is 10.6 Å². The Balaban J connectivity index is 0.00000200. The van der Waals surface area contributed by atoms with Crippen molar-refractivity contribution in [3.05, 3.63) is 35.9 Å². The van der Waals surface area contributed by atoms with Crippen molar-refractivity contribution in [1.82, 2.24) is 10.6 Å². The molecule has 0 saturated heterocycles. The molecule has 0 radical (unpaired) electrons. The van der Waals surface area contributed by atoms with Crippen LogP contribution in [0.15, 0.2) is 35.3 Å². The Kier molecular flexibility index (Phi) is 7.34. The molecule has 2 N–H and O–H groups in total. The van der Waals surface area contributed by atoms with Crippen LogP contribution in [0, 0.1) is 5.92 Å². The molecule has 1 aliphatic rings. The summed E-state index contributed by atoms with van der Waals surface area (Å²) in [6, 6.07) is 11.4. The Labute approximate surface area is 139 Å². The number of hydrogen-bond donors (Lipinski definition) is 2. The van der Waals surface area contributed by atoms with E-state index < -0.39 is 0 Å². The number of aliphatic imine (C=N–C) groups is 1. The van der Waals surface area contributed by atoms with Gasteiger partial charge in [-0.3, -0.25) is 4.99 Å². The van der Waals surface area contributed by atoms with Crippen LogP contribution in [0.2, 0.25) is 0 Å². The second kappa shape index (κ2) is 8.49. The third kappa shape index (κ3) is 5.31. The van der Waals surface area contributed by atoms with E-state index in [1.165, 1.54) is 18.4 Å². The highest BCUT2D eigenvalue weighted by Gasteiger charge is 2.23. The van der Waals surface area contributed by atoms with Crippen LogP contribution in [-0.4, -0.2) is 25.6 Å². The first-order chi connectivity index (χ1) is 9.20. The molecule has 1 aliphatic carbocycles. The molecule has 0 aromatic heterocycles. The van der Waals surface area contributed by atoms with Crippen LogP contribution in [0.1, 0.15) is 38.2 Å². The zero-order valence-electron chi connectivity index (χ0n) is 12.6. The van der Waals surface area contributed by atoms with Gasteiger partial charge < -0.3 is 10.6 Å². The van der Waals surface area contributed by atoms with Crippen LogP contribution in [0.4, 0.5) is 0 Å². The van der Waals surface area contributed by atoms with Gasteiger partial charge in [0.25, 0.3) is 0 Å². The lowest BCUT2D eigenvalue weighted by atomic mass is 9.88. The van der Waals surface area contributed by atoms with E-state index in [2.05, 4.69) is 59.8 Å². The molecule has 0 bridgehead atoms. The summed E-state index contributed by atoms with van der Waals surface area (Å²) in [5, 5.41) is 6.88. The maximum Gasteiger partial charge on any atom is 0.191 e. The lowest BCUT2D eigenvalue weighted by molar-refractivity contribution is 0.488. The molecule has 1 aromatic carbocycles. The van der Waals surface area contributed by atoms with E-state index in [1.807, 2.05) is 7.05 Å². The fourth-order valence-corrected chi connectivity index (χ4v) is 2.26. The van der Waals surface area contributed by atoms with Crippen LogP contribution in [0.25, 0.3) is 0 Å². The highest BCUT2D eigenvalue weighted by atomic mass is 127. The molecular weight excluding hydrogens is 361 g/mol. The monoisotopic (exact) mass is 387 g/mol. The van der Waals surface area contributed by atoms with Crippen LogP contribution in [0.3, 0.4) is 0 Å². The molecule has 0 spiro atoms. The summed E-state index contributed by atoms with van der Waals surface area (Å²) in [5.74, 6) is 2.05. The van der Waals surface area contributed by atoms with Crippen molar-refractivity contribution in [2.45, 2.75) is 38.6 Å². The minimum atomic E-state index is 0. The van der Waals surface area contributed by atoms with Crippen molar-refractivity contribution in [1.29, 1.82) is 0 Å². The third-order valence-electron chi connectivity index (χ3n) is 3.66. The van der Waals surface area contributed by atoms with E-state index >= 15 is 0 Å². The average Bonchev–Trinajstić information content (AvgIpc) is 3.22. The average molecular weight is 387 g/mol. The van der Waals surface area contributed by atoms with Crippen molar-refractivity contribution in [2.24, 2.45) is 10.9 Å². The van der Waals surface area contributed by atoms with Gasteiger partial charge in [-0.15, -0.1) is 24.0 Å². The van der Waals surface area contributed by atoms with Gasteiger partial charge in [0.1, 0.15) is 0 Å². The second-order valence-electron chi connectivity index (χ2n) is 5.63. The van der Waals surface area contributed by atoms with Crippen LogP contribution in [0.5, 0.6) is 0 Å². The van der Waals surface area contributed by atoms with Gasteiger partial charge in [0.2, 0.25) is 0 Å². The van der Waals surface area contributed by atoms with Gasteiger partial charge in [0.15, 0.2) is 5.96 Å². The number of hydrogen-bond acceptors (Lipinski definition) is 1. The van der Waals surface area contributed by atoms with Crippen LogP contribution >= 0.6 is 24.0 Å². The van der Waals surface area contributed by atoms with Gasteiger partial charge in [0.05, 0.1) is 0 Å². The maximum atomic E-state index is 4.29. The Morgan fingerprint density at radius 1 is 1.25 bits per heavy atom.